The third-order valence-electron chi connectivity index (χ3n) is 7.15. The molecular formula is C24H32BNO4S. The van der Waals surface area contributed by atoms with E-state index >= 15 is 0 Å². The average Bonchev–Trinajstić information content (AvgIpc) is 2.91. The van der Waals surface area contributed by atoms with Gasteiger partial charge < -0.3 is 9.31 Å². The lowest BCUT2D eigenvalue weighted by Crippen LogP contribution is -2.41. The maximum atomic E-state index is 13.9. The Labute approximate surface area is 186 Å². The lowest BCUT2D eigenvalue weighted by atomic mass is 9.79. The van der Waals surface area contributed by atoms with Gasteiger partial charge in [0.2, 0.25) is 0 Å². The molecule has 4 rings (SSSR count). The van der Waals surface area contributed by atoms with Crippen LogP contribution in [0.1, 0.15) is 56.4 Å². The average molecular weight is 441 g/mol. The van der Waals surface area contributed by atoms with Crippen molar-refractivity contribution < 1.29 is 17.7 Å². The first-order chi connectivity index (χ1) is 14.3. The van der Waals surface area contributed by atoms with Gasteiger partial charge in [-0.05, 0) is 95.1 Å². The van der Waals surface area contributed by atoms with E-state index in [1.165, 1.54) is 0 Å². The Hall–Kier alpha value is -1.83. The van der Waals surface area contributed by atoms with Crippen molar-refractivity contribution in [1.82, 2.24) is 0 Å². The van der Waals surface area contributed by atoms with Crippen LogP contribution in [0.15, 0.2) is 35.2 Å². The third kappa shape index (κ3) is 3.61. The molecule has 2 aliphatic heterocycles. The summed E-state index contributed by atoms with van der Waals surface area (Å²) >= 11 is 0. The minimum absolute atomic E-state index is 0.313. The Bertz CT molecular complexity index is 1120. The number of benzene rings is 2. The molecule has 31 heavy (non-hydrogen) atoms. The minimum atomic E-state index is -3.73. The third-order valence-corrected chi connectivity index (χ3v) is 9.09. The van der Waals surface area contributed by atoms with Gasteiger partial charge in [-0.3, -0.25) is 4.31 Å². The van der Waals surface area contributed by atoms with Crippen molar-refractivity contribution in [3.63, 3.8) is 0 Å². The Kier molecular flexibility index (Phi) is 5.31. The van der Waals surface area contributed by atoms with Gasteiger partial charge in [0.15, 0.2) is 0 Å². The van der Waals surface area contributed by atoms with E-state index in [0.29, 0.717) is 11.4 Å². The first kappa shape index (κ1) is 22.4. The van der Waals surface area contributed by atoms with Gasteiger partial charge in [-0.1, -0.05) is 24.3 Å². The van der Waals surface area contributed by atoms with Crippen molar-refractivity contribution in [3.8, 4) is 0 Å². The number of aryl methyl sites for hydroxylation is 3. The van der Waals surface area contributed by atoms with E-state index in [2.05, 4.69) is 12.1 Å². The fraction of sp³-hybridized carbons (Fsp3) is 0.500. The zero-order chi connectivity index (χ0) is 22.8. The molecule has 5 nitrogen and oxygen atoms in total. The Morgan fingerprint density at radius 1 is 0.935 bits per heavy atom. The summed E-state index contributed by atoms with van der Waals surface area (Å²) in [6, 6.07) is 9.62. The van der Waals surface area contributed by atoms with Gasteiger partial charge in [-0.15, -0.1) is 0 Å². The summed E-state index contributed by atoms with van der Waals surface area (Å²) in [4.78, 5) is 0.313. The van der Waals surface area contributed by atoms with Crippen molar-refractivity contribution in [2.45, 2.75) is 77.4 Å². The number of nitrogens with zero attached hydrogens (tertiary/aromatic N) is 1. The molecule has 2 heterocycles. The van der Waals surface area contributed by atoms with E-state index in [9.17, 15) is 8.42 Å². The van der Waals surface area contributed by atoms with E-state index in [1.54, 1.807) is 10.4 Å². The molecule has 1 saturated heterocycles. The zero-order valence-corrected chi connectivity index (χ0v) is 20.4. The molecule has 0 bridgehead atoms. The fourth-order valence-corrected chi connectivity index (χ4v) is 6.17. The molecule has 0 spiro atoms. The first-order valence-electron chi connectivity index (χ1n) is 10.9. The number of sulfonamides is 1. The fourth-order valence-electron chi connectivity index (χ4n) is 4.31. The summed E-state index contributed by atoms with van der Waals surface area (Å²) in [6.45, 7) is 14.3. The van der Waals surface area contributed by atoms with Crippen LogP contribution in [0.4, 0.5) is 5.69 Å². The smallest absolute Gasteiger partial charge is 0.399 e. The van der Waals surface area contributed by atoms with Crippen LogP contribution in [0, 0.1) is 20.8 Å². The van der Waals surface area contributed by atoms with Crippen LogP contribution in [0.5, 0.6) is 0 Å². The standard InChI is InChI=1S/C24H32BNO4S/c1-16-10-12-19-9-8-14-26(22(19)18(16)3)31(27,28)21-15-20(13-11-17(21)2)25-29-23(4,5)24(6,7)30-25/h10-13,15H,8-9,14H2,1-7H3. The Balaban J connectivity index is 1.78. The number of hydrogen-bond acceptors (Lipinski definition) is 4. The maximum Gasteiger partial charge on any atom is 0.494 e. The number of fused-ring (bicyclic) bond motifs is 1. The zero-order valence-electron chi connectivity index (χ0n) is 19.6. The van der Waals surface area contributed by atoms with Gasteiger partial charge in [-0.2, -0.15) is 0 Å². The molecule has 7 heteroatoms. The lowest BCUT2D eigenvalue weighted by molar-refractivity contribution is 0.00578. The van der Waals surface area contributed by atoms with Crippen LogP contribution in [0.25, 0.3) is 0 Å². The highest BCUT2D eigenvalue weighted by Gasteiger charge is 2.52. The van der Waals surface area contributed by atoms with Crippen molar-refractivity contribution in [2.24, 2.45) is 0 Å². The second kappa shape index (κ2) is 7.36. The van der Waals surface area contributed by atoms with Crippen molar-refractivity contribution in [1.29, 1.82) is 0 Å². The van der Waals surface area contributed by atoms with Gasteiger partial charge in [0.1, 0.15) is 0 Å². The van der Waals surface area contributed by atoms with Crippen LogP contribution in [0.2, 0.25) is 0 Å². The number of rotatable bonds is 3. The van der Waals surface area contributed by atoms with Gasteiger partial charge in [0, 0.05) is 6.54 Å². The molecule has 2 aromatic carbocycles. The molecular weight excluding hydrogens is 409 g/mol. The predicted molar refractivity (Wildman–Crippen MR) is 126 cm³/mol. The number of anilines is 1. The molecule has 0 amide bonds. The molecule has 2 aliphatic rings. The highest BCUT2D eigenvalue weighted by atomic mass is 32.2. The van der Waals surface area contributed by atoms with E-state index in [0.717, 1.165) is 46.2 Å². The van der Waals surface area contributed by atoms with Crippen molar-refractivity contribution in [2.75, 3.05) is 10.8 Å². The van der Waals surface area contributed by atoms with Crippen molar-refractivity contribution in [3.05, 3.63) is 52.6 Å². The molecule has 2 aromatic rings. The maximum absolute atomic E-state index is 13.9. The minimum Gasteiger partial charge on any atom is -0.399 e. The van der Waals surface area contributed by atoms with E-state index in [4.69, 9.17) is 9.31 Å². The van der Waals surface area contributed by atoms with Gasteiger partial charge in [0.25, 0.3) is 10.0 Å². The number of hydrogen-bond donors (Lipinski definition) is 0. The molecule has 0 aromatic heterocycles. The van der Waals surface area contributed by atoms with Crippen LogP contribution in [-0.4, -0.2) is 33.3 Å². The molecule has 0 aliphatic carbocycles. The molecule has 0 saturated carbocycles. The topological polar surface area (TPSA) is 55.8 Å². The van der Waals surface area contributed by atoms with Gasteiger partial charge in [-0.25, -0.2) is 8.42 Å². The Morgan fingerprint density at radius 2 is 1.55 bits per heavy atom. The summed E-state index contributed by atoms with van der Waals surface area (Å²) in [5, 5.41) is 0. The van der Waals surface area contributed by atoms with Crippen molar-refractivity contribution >= 4 is 28.3 Å². The van der Waals surface area contributed by atoms with Crippen LogP contribution in [-0.2, 0) is 25.8 Å². The lowest BCUT2D eigenvalue weighted by Gasteiger charge is -2.33. The quantitative estimate of drug-likeness (QED) is 0.675. The second-order valence-electron chi connectivity index (χ2n) is 9.81. The predicted octanol–water partition coefficient (Wildman–Crippen LogP) is 4.05. The van der Waals surface area contributed by atoms with Gasteiger partial charge >= 0.3 is 7.12 Å². The second-order valence-corrected chi connectivity index (χ2v) is 11.6. The van der Waals surface area contributed by atoms with E-state index in [-0.39, 0.29) is 0 Å². The van der Waals surface area contributed by atoms with E-state index in [1.807, 2.05) is 60.6 Å². The van der Waals surface area contributed by atoms with Gasteiger partial charge in [0.05, 0.1) is 21.8 Å². The summed E-state index contributed by atoms with van der Waals surface area (Å²) in [7, 11) is -4.33. The van der Waals surface area contributed by atoms with Crippen LogP contribution >= 0.6 is 0 Å². The highest BCUT2D eigenvalue weighted by Crippen LogP contribution is 2.38. The molecule has 0 radical (unpaired) electrons. The van der Waals surface area contributed by atoms with Crippen LogP contribution < -0.4 is 9.77 Å². The highest BCUT2D eigenvalue weighted by molar-refractivity contribution is 7.93. The first-order valence-corrected chi connectivity index (χ1v) is 12.4. The summed E-state index contributed by atoms with van der Waals surface area (Å²) < 4.78 is 41.7. The molecule has 0 N–H and O–H groups in total. The van der Waals surface area contributed by atoms with Crippen LogP contribution in [0.3, 0.4) is 0 Å². The largest absolute Gasteiger partial charge is 0.494 e. The summed E-state index contributed by atoms with van der Waals surface area (Å²) in [6.07, 6.45) is 1.71. The SMILES string of the molecule is Cc1ccc(B2OC(C)(C)C(C)(C)O2)cc1S(=O)(=O)N1CCCc2ccc(C)c(C)c21. The molecule has 0 atom stereocenters. The summed E-state index contributed by atoms with van der Waals surface area (Å²) in [5.74, 6) is 0. The summed E-state index contributed by atoms with van der Waals surface area (Å²) in [5.41, 5.74) is 4.54. The molecule has 1 fully saturated rings. The monoisotopic (exact) mass is 441 g/mol. The molecule has 0 unspecified atom stereocenters. The van der Waals surface area contributed by atoms with E-state index < -0.39 is 28.3 Å². The molecule has 166 valence electrons. The normalized spacial score (nSPS) is 20.1. The Morgan fingerprint density at radius 3 is 2.19 bits per heavy atom.